The fraction of sp³-hybridized carbons (Fsp3) is 0.391. The maximum Gasteiger partial charge on any atom is 0.227 e. The zero-order valence-corrected chi connectivity index (χ0v) is 16.8. The van der Waals surface area contributed by atoms with E-state index in [4.69, 9.17) is 11.6 Å². The number of benzene rings is 2. The minimum absolute atomic E-state index is 0.123. The molecule has 142 valence electrons. The van der Waals surface area contributed by atoms with Crippen molar-refractivity contribution < 1.29 is 9.59 Å². The Morgan fingerprint density at radius 1 is 1.11 bits per heavy atom. The van der Waals surface area contributed by atoms with Crippen LogP contribution in [0.5, 0.6) is 0 Å². The van der Waals surface area contributed by atoms with Gasteiger partial charge in [0.05, 0.1) is 0 Å². The number of halogens is 1. The molecule has 1 aliphatic rings. The number of fused-ring (bicyclic) bond motifs is 1. The molecule has 0 aliphatic carbocycles. The van der Waals surface area contributed by atoms with Gasteiger partial charge >= 0.3 is 0 Å². The zero-order chi connectivity index (χ0) is 19.4. The lowest BCUT2D eigenvalue weighted by molar-refractivity contribution is -0.119. The summed E-state index contributed by atoms with van der Waals surface area (Å²) in [5, 5.41) is 0.637. The van der Waals surface area contributed by atoms with Gasteiger partial charge in [0.2, 0.25) is 5.91 Å². The molecule has 4 heteroatoms. The van der Waals surface area contributed by atoms with Crippen molar-refractivity contribution in [3.8, 4) is 0 Å². The molecule has 1 heterocycles. The van der Waals surface area contributed by atoms with Crippen molar-refractivity contribution in [3.63, 3.8) is 0 Å². The molecule has 1 aliphatic heterocycles. The smallest absolute Gasteiger partial charge is 0.227 e. The Morgan fingerprint density at radius 2 is 1.85 bits per heavy atom. The molecule has 3 rings (SSSR count). The van der Waals surface area contributed by atoms with Gasteiger partial charge in [0.1, 0.15) is 0 Å². The van der Waals surface area contributed by atoms with Crippen molar-refractivity contribution in [2.24, 2.45) is 5.92 Å². The van der Waals surface area contributed by atoms with Crippen LogP contribution < -0.4 is 4.90 Å². The standard InChI is InChI=1S/C23H26ClNO2/c1-16(2)14-23(27)25-13-3-4-19-15-17(5-11-21(19)25)6-12-22(26)18-7-9-20(24)10-8-18/h5,7-11,15-16H,3-4,6,12-14H2,1-2H3. The van der Waals surface area contributed by atoms with Crippen LogP contribution in [0.25, 0.3) is 0 Å². The van der Waals surface area contributed by atoms with E-state index in [1.807, 2.05) is 4.90 Å². The second-order valence-corrected chi connectivity index (χ2v) is 8.08. The number of nitrogens with zero attached hydrogens (tertiary/aromatic N) is 1. The molecule has 1 amide bonds. The molecule has 27 heavy (non-hydrogen) atoms. The number of rotatable bonds is 6. The van der Waals surface area contributed by atoms with Gasteiger partial charge in [-0.3, -0.25) is 9.59 Å². The number of aryl methyl sites for hydroxylation is 2. The van der Waals surface area contributed by atoms with E-state index in [2.05, 4.69) is 32.0 Å². The summed E-state index contributed by atoms with van der Waals surface area (Å²) in [7, 11) is 0. The predicted molar refractivity (Wildman–Crippen MR) is 111 cm³/mol. The van der Waals surface area contributed by atoms with Crippen LogP contribution in [0.2, 0.25) is 5.02 Å². The molecule has 0 fully saturated rings. The van der Waals surface area contributed by atoms with E-state index in [-0.39, 0.29) is 11.7 Å². The first-order valence-electron chi connectivity index (χ1n) is 9.65. The van der Waals surface area contributed by atoms with Gasteiger partial charge in [0.15, 0.2) is 5.78 Å². The highest BCUT2D eigenvalue weighted by Gasteiger charge is 2.23. The molecular weight excluding hydrogens is 358 g/mol. The monoisotopic (exact) mass is 383 g/mol. The number of anilines is 1. The lowest BCUT2D eigenvalue weighted by atomic mass is 9.95. The quantitative estimate of drug-likeness (QED) is 0.619. The molecule has 0 radical (unpaired) electrons. The van der Waals surface area contributed by atoms with E-state index in [1.165, 1.54) is 5.56 Å². The molecule has 0 saturated carbocycles. The minimum atomic E-state index is 0.123. The van der Waals surface area contributed by atoms with Gasteiger partial charge in [-0.1, -0.05) is 37.6 Å². The topological polar surface area (TPSA) is 37.4 Å². The number of hydrogen-bond acceptors (Lipinski definition) is 2. The van der Waals surface area contributed by atoms with E-state index in [0.29, 0.717) is 35.8 Å². The number of carbonyl (C=O) groups excluding carboxylic acids is 2. The molecule has 2 aromatic carbocycles. The maximum absolute atomic E-state index is 12.5. The lowest BCUT2D eigenvalue weighted by Gasteiger charge is -2.30. The molecule has 0 unspecified atom stereocenters. The van der Waals surface area contributed by atoms with Gasteiger partial charge in [-0.15, -0.1) is 0 Å². The van der Waals surface area contributed by atoms with Crippen molar-refractivity contribution in [2.45, 2.75) is 46.0 Å². The highest BCUT2D eigenvalue weighted by Crippen LogP contribution is 2.29. The molecule has 0 N–H and O–H groups in total. The summed E-state index contributed by atoms with van der Waals surface area (Å²) in [5.41, 5.74) is 4.10. The van der Waals surface area contributed by atoms with Gasteiger partial charge < -0.3 is 4.90 Å². The molecule has 0 spiro atoms. The van der Waals surface area contributed by atoms with E-state index >= 15 is 0 Å². The number of hydrogen-bond donors (Lipinski definition) is 0. The van der Waals surface area contributed by atoms with E-state index < -0.39 is 0 Å². The number of carbonyl (C=O) groups is 2. The molecule has 0 atom stereocenters. The van der Waals surface area contributed by atoms with Crippen LogP contribution in [0, 0.1) is 5.92 Å². The minimum Gasteiger partial charge on any atom is -0.312 e. The summed E-state index contributed by atoms with van der Waals surface area (Å²) in [4.78, 5) is 26.8. The Balaban J connectivity index is 1.67. The van der Waals surface area contributed by atoms with E-state index in [0.717, 1.165) is 30.6 Å². The van der Waals surface area contributed by atoms with Gasteiger partial charge in [-0.05, 0) is 66.6 Å². The van der Waals surface area contributed by atoms with Crippen LogP contribution in [0.4, 0.5) is 5.69 Å². The SMILES string of the molecule is CC(C)CC(=O)N1CCCc2cc(CCC(=O)c3ccc(Cl)cc3)ccc21. The van der Waals surface area contributed by atoms with Crippen LogP contribution in [-0.4, -0.2) is 18.2 Å². The Hall–Kier alpha value is -2.13. The zero-order valence-electron chi connectivity index (χ0n) is 16.0. The third kappa shape index (κ3) is 4.98. The van der Waals surface area contributed by atoms with Crippen LogP contribution >= 0.6 is 11.6 Å². The molecule has 2 aromatic rings. The Labute approximate surface area is 166 Å². The fourth-order valence-corrected chi connectivity index (χ4v) is 3.69. The van der Waals surface area contributed by atoms with Crippen LogP contribution in [-0.2, 0) is 17.6 Å². The Morgan fingerprint density at radius 3 is 2.56 bits per heavy atom. The largest absolute Gasteiger partial charge is 0.312 e. The normalized spacial score (nSPS) is 13.6. The number of amides is 1. The molecule has 0 aromatic heterocycles. The van der Waals surface area contributed by atoms with Crippen molar-refractivity contribution in [1.29, 1.82) is 0 Å². The van der Waals surface area contributed by atoms with Crippen LogP contribution in [0.15, 0.2) is 42.5 Å². The first-order chi connectivity index (χ1) is 12.9. The summed E-state index contributed by atoms with van der Waals surface area (Å²) >= 11 is 5.88. The summed E-state index contributed by atoms with van der Waals surface area (Å²) in [6, 6.07) is 13.3. The number of Topliss-reactive ketones (excluding diaryl/α,β-unsaturated/α-hetero) is 1. The lowest BCUT2D eigenvalue weighted by Crippen LogP contribution is -2.36. The van der Waals surface area contributed by atoms with E-state index in [9.17, 15) is 9.59 Å². The van der Waals surface area contributed by atoms with Crippen LogP contribution in [0.3, 0.4) is 0 Å². The van der Waals surface area contributed by atoms with Crippen molar-refractivity contribution >= 4 is 29.0 Å². The fourth-order valence-electron chi connectivity index (χ4n) is 3.56. The maximum atomic E-state index is 12.5. The molecule has 3 nitrogen and oxygen atoms in total. The first kappa shape index (κ1) is 19.6. The second-order valence-electron chi connectivity index (χ2n) is 7.64. The predicted octanol–water partition coefficient (Wildman–Crippen LogP) is 5.48. The summed E-state index contributed by atoms with van der Waals surface area (Å²) in [6.07, 6.45) is 3.73. The average Bonchev–Trinajstić information content (AvgIpc) is 2.65. The molecular formula is C23H26ClNO2. The highest BCUT2D eigenvalue weighted by molar-refractivity contribution is 6.30. The Bertz CT molecular complexity index is 827. The van der Waals surface area contributed by atoms with Crippen molar-refractivity contribution in [3.05, 3.63) is 64.2 Å². The summed E-state index contributed by atoms with van der Waals surface area (Å²) in [6.45, 7) is 4.94. The summed E-state index contributed by atoms with van der Waals surface area (Å²) < 4.78 is 0. The highest BCUT2D eigenvalue weighted by atomic mass is 35.5. The van der Waals surface area contributed by atoms with Gasteiger partial charge in [0.25, 0.3) is 0 Å². The molecule has 0 bridgehead atoms. The molecule has 0 saturated heterocycles. The van der Waals surface area contributed by atoms with Gasteiger partial charge in [0, 0.05) is 35.7 Å². The Kier molecular flexibility index (Phi) is 6.33. The van der Waals surface area contributed by atoms with E-state index in [1.54, 1.807) is 24.3 Å². The van der Waals surface area contributed by atoms with Crippen molar-refractivity contribution in [1.82, 2.24) is 0 Å². The number of ketones is 1. The second kappa shape index (κ2) is 8.71. The first-order valence-corrected chi connectivity index (χ1v) is 10.0. The van der Waals surface area contributed by atoms with Gasteiger partial charge in [-0.25, -0.2) is 0 Å². The third-order valence-corrected chi connectivity index (χ3v) is 5.21. The summed E-state index contributed by atoms with van der Waals surface area (Å²) in [5.74, 6) is 0.691. The third-order valence-electron chi connectivity index (χ3n) is 4.95. The van der Waals surface area contributed by atoms with Gasteiger partial charge in [-0.2, -0.15) is 0 Å². The van der Waals surface area contributed by atoms with Crippen LogP contribution in [0.1, 0.15) is 54.6 Å². The average molecular weight is 384 g/mol. The van der Waals surface area contributed by atoms with Crippen molar-refractivity contribution in [2.75, 3.05) is 11.4 Å².